The average molecular weight is 323 g/mol. The van der Waals surface area contributed by atoms with Crippen LogP contribution < -0.4 is 0 Å². The highest BCUT2D eigenvalue weighted by molar-refractivity contribution is 6.01. The van der Waals surface area contributed by atoms with Gasteiger partial charge in [0.15, 0.2) is 0 Å². The van der Waals surface area contributed by atoms with Crippen LogP contribution in [-0.4, -0.2) is 33.0 Å². The van der Waals surface area contributed by atoms with Crippen LogP contribution >= 0.6 is 0 Å². The Morgan fingerprint density at radius 3 is 2.35 bits per heavy atom. The van der Waals surface area contributed by atoms with Gasteiger partial charge in [0, 0.05) is 11.8 Å². The first-order chi connectivity index (χ1) is 10.8. The molecule has 1 aliphatic rings. The molecule has 120 valence electrons. The van der Waals surface area contributed by atoms with Crippen molar-refractivity contribution in [2.45, 2.75) is 25.3 Å². The van der Waals surface area contributed by atoms with Gasteiger partial charge in [-0.25, -0.2) is 0 Å². The molecule has 1 aromatic heterocycles. The SMILES string of the molecule is Cc1ccnnc1-c1ccc(C2=NOC(O)(C(F)(F)F)C2)cc1. The van der Waals surface area contributed by atoms with Crippen LogP contribution in [0.2, 0.25) is 0 Å². The number of oxime groups is 1. The monoisotopic (exact) mass is 323 g/mol. The zero-order valence-electron chi connectivity index (χ0n) is 12.0. The lowest BCUT2D eigenvalue weighted by molar-refractivity contribution is -0.355. The van der Waals surface area contributed by atoms with Gasteiger partial charge in [0.25, 0.3) is 0 Å². The van der Waals surface area contributed by atoms with E-state index in [4.69, 9.17) is 0 Å². The number of aliphatic hydroxyl groups is 1. The van der Waals surface area contributed by atoms with E-state index in [1.807, 2.05) is 13.0 Å². The predicted octanol–water partition coefficient (Wildman–Crippen LogP) is 2.83. The Balaban J connectivity index is 1.83. The Morgan fingerprint density at radius 1 is 1.13 bits per heavy atom. The predicted molar refractivity (Wildman–Crippen MR) is 75.4 cm³/mol. The molecule has 0 saturated heterocycles. The standard InChI is InChI=1S/C15H12F3N3O2/c1-9-6-7-19-20-13(9)11-4-2-10(3-5-11)12-8-14(22,23-21-12)15(16,17)18/h2-7,22H,8H2,1H3. The van der Waals surface area contributed by atoms with Crippen LogP contribution in [0.3, 0.4) is 0 Å². The van der Waals surface area contributed by atoms with Crippen molar-refractivity contribution in [3.63, 3.8) is 0 Å². The summed E-state index contributed by atoms with van der Waals surface area (Å²) in [5, 5.41) is 20.7. The van der Waals surface area contributed by atoms with Crippen molar-refractivity contribution in [3.8, 4) is 11.3 Å². The molecule has 8 heteroatoms. The molecule has 23 heavy (non-hydrogen) atoms. The first-order valence-electron chi connectivity index (χ1n) is 6.73. The van der Waals surface area contributed by atoms with Gasteiger partial charge in [0.2, 0.25) is 0 Å². The molecule has 1 aliphatic heterocycles. The fourth-order valence-corrected chi connectivity index (χ4v) is 2.23. The summed E-state index contributed by atoms with van der Waals surface area (Å²) in [5.74, 6) is -3.26. The van der Waals surface area contributed by atoms with E-state index in [0.717, 1.165) is 11.1 Å². The number of hydrogen-bond donors (Lipinski definition) is 1. The van der Waals surface area contributed by atoms with E-state index in [2.05, 4.69) is 20.2 Å². The number of alkyl halides is 3. The summed E-state index contributed by atoms with van der Waals surface area (Å²) in [6, 6.07) is 8.44. The summed E-state index contributed by atoms with van der Waals surface area (Å²) in [5.41, 5.74) is 2.88. The van der Waals surface area contributed by atoms with E-state index in [0.29, 0.717) is 11.3 Å². The normalized spacial score (nSPS) is 21.0. The van der Waals surface area contributed by atoms with Crippen molar-refractivity contribution in [2.75, 3.05) is 0 Å². The molecule has 0 aliphatic carbocycles. The zero-order chi connectivity index (χ0) is 16.7. The highest BCUT2D eigenvalue weighted by atomic mass is 19.4. The summed E-state index contributed by atoms with van der Waals surface area (Å²) in [7, 11) is 0. The molecule has 0 saturated carbocycles. The second kappa shape index (κ2) is 5.31. The minimum Gasteiger partial charge on any atom is -0.350 e. The molecule has 5 nitrogen and oxygen atoms in total. The highest BCUT2D eigenvalue weighted by Gasteiger charge is 2.60. The Morgan fingerprint density at radius 2 is 1.78 bits per heavy atom. The largest absolute Gasteiger partial charge is 0.458 e. The Hall–Kier alpha value is -2.48. The zero-order valence-corrected chi connectivity index (χ0v) is 12.0. The molecular weight excluding hydrogens is 311 g/mol. The molecule has 0 amide bonds. The summed E-state index contributed by atoms with van der Waals surface area (Å²) < 4.78 is 38.1. The smallest absolute Gasteiger partial charge is 0.350 e. The molecular formula is C15H12F3N3O2. The van der Waals surface area contributed by atoms with Crippen molar-refractivity contribution in [3.05, 3.63) is 47.7 Å². The topological polar surface area (TPSA) is 67.6 Å². The lowest BCUT2D eigenvalue weighted by atomic mass is 10.00. The van der Waals surface area contributed by atoms with E-state index in [-0.39, 0.29) is 5.71 Å². The molecule has 0 bridgehead atoms. The van der Waals surface area contributed by atoms with E-state index < -0.39 is 18.4 Å². The average Bonchev–Trinajstić information content (AvgIpc) is 2.92. The van der Waals surface area contributed by atoms with E-state index in [9.17, 15) is 18.3 Å². The molecule has 3 rings (SSSR count). The van der Waals surface area contributed by atoms with Crippen LogP contribution in [0.25, 0.3) is 11.3 Å². The van der Waals surface area contributed by atoms with Gasteiger partial charge < -0.3 is 9.94 Å². The van der Waals surface area contributed by atoms with Crippen LogP contribution in [0.1, 0.15) is 17.5 Å². The van der Waals surface area contributed by atoms with E-state index in [1.165, 1.54) is 0 Å². The van der Waals surface area contributed by atoms with Crippen molar-refractivity contribution in [1.29, 1.82) is 0 Å². The van der Waals surface area contributed by atoms with Gasteiger partial charge in [-0.3, -0.25) is 0 Å². The fraction of sp³-hybridized carbons (Fsp3) is 0.267. The molecule has 0 spiro atoms. The fourth-order valence-electron chi connectivity index (χ4n) is 2.23. The van der Waals surface area contributed by atoms with Crippen LogP contribution in [0, 0.1) is 6.92 Å². The van der Waals surface area contributed by atoms with Crippen LogP contribution in [0.4, 0.5) is 13.2 Å². The first kappa shape index (κ1) is 15.4. The summed E-state index contributed by atoms with van der Waals surface area (Å²) in [6.07, 6.45) is -4.08. The quantitative estimate of drug-likeness (QED) is 0.923. The molecule has 2 heterocycles. The first-order valence-corrected chi connectivity index (χ1v) is 6.73. The Bertz CT molecular complexity index is 759. The number of hydrogen-bond acceptors (Lipinski definition) is 5. The second-order valence-electron chi connectivity index (χ2n) is 5.23. The van der Waals surface area contributed by atoms with Crippen LogP contribution in [0.15, 0.2) is 41.7 Å². The van der Waals surface area contributed by atoms with Gasteiger partial charge in [-0.1, -0.05) is 29.4 Å². The van der Waals surface area contributed by atoms with Crippen molar-refractivity contribution in [2.24, 2.45) is 5.16 Å². The van der Waals surface area contributed by atoms with Gasteiger partial charge in [-0.05, 0) is 24.1 Å². The minimum atomic E-state index is -4.91. The summed E-state index contributed by atoms with van der Waals surface area (Å²) in [4.78, 5) is 4.20. The third kappa shape index (κ3) is 2.77. The molecule has 1 aromatic carbocycles. The molecule has 1 unspecified atom stereocenters. The maximum Gasteiger partial charge on any atom is 0.458 e. The Labute approximate surface area is 129 Å². The van der Waals surface area contributed by atoms with Crippen molar-refractivity contribution in [1.82, 2.24) is 10.2 Å². The van der Waals surface area contributed by atoms with Crippen LogP contribution in [0.5, 0.6) is 0 Å². The number of nitrogens with zero attached hydrogens (tertiary/aromatic N) is 3. The lowest BCUT2D eigenvalue weighted by Gasteiger charge is -2.22. The summed E-state index contributed by atoms with van der Waals surface area (Å²) in [6.45, 7) is 1.89. The van der Waals surface area contributed by atoms with Crippen molar-refractivity contribution >= 4 is 5.71 Å². The number of rotatable bonds is 2. The molecule has 0 radical (unpaired) electrons. The number of aryl methyl sites for hydroxylation is 1. The number of benzene rings is 1. The third-order valence-electron chi connectivity index (χ3n) is 3.57. The highest BCUT2D eigenvalue weighted by Crippen LogP contribution is 2.39. The summed E-state index contributed by atoms with van der Waals surface area (Å²) >= 11 is 0. The number of aromatic nitrogens is 2. The van der Waals surface area contributed by atoms with Crippen molar-refractivity contribution < 1.29 is 23.1 Å². The molecule has 1 N–H and O–H groups in total. The lowest BCUT2D eigenvalue weighted by Crippen LogP contribution is -2.45. The minimum absolute atomic E-state index is 0.0345. The second-order valence-corrected chi connectivity index (χ2v) is 5.23. The van der Waals surface area contributed by atoms with Gasteiger partial charge in [0.1, 0.15) is 0 Å². The van der Waals surface area contributed by atoms with E-state index in [1.54, 1.807) is 30.5 Å². The van der Waals surface area contributed by atoms with E-state index >= 15 is 0 Å². The Kier molecular flexibility index (Phi) is 3.56. The van der Waals surface area contributed by atoms with Gasteiger partial charge in [0.05, 0.1) is 17.8 Å². The molecule has 2 aromatic rings. The maximum atomic E-state index is 12.7. The van der Waals surface area contributed by atoms with Gasteiger partial charge >= 0.3 is 12.0 Å². The number of halogens is 3. The van der Waals surface area contributed by atoms with Gasteiger partial charge in [-0.2, -0.15) is 23.4 Å². The molecule has 1 atom stereocenters. The van der Waals surface area contributed by atoms with Gasteiger partial charge in [-0.15, -0.1) is 0 Å². The van der Waals surface area contributed by atoms with Crippen LogP contribution in [-0.2, 0) is 4.84 Å². The maximum absolute atomic E-state index is 12.7. The third-order valence-corrected chi connectivity index (χ3v) is 3.57. The molecule has 0 fully saturated rings.